The van der Waals surface area contributed by atoms with Gasteiger partial charge in [0.05, 0.1) is 59.4 Å². The molecule has 18 atom stereocenters. The zero-order chi connectivity index (χ0) is 91.2. The maximum Gasteiger partial charge on any atom is 0.349 e. The van der Waals surface area contributed by atoms with Crippen LogP contribution in [0.5, 0.6) is 46.0 Å². The Morgan fingerprint density at radius 2 is 1.37 bits per heavy atom. The second-order valence-electron chi connectivity index (χ2n) is 31.1. The van der Waals surface area contributed by atoms with Crippen LogP contribution >= 0.6 is 34.8 Å². The number of nitrogens with zero attached hydrogens (tertiary/aromatic N) is 2. The summed E-state index contributed by atoms with van der Waals surface area (Å²) in [7, 11) is 1.46. The van der Waals surface area contributed by atoms with Gasteiger partial charge in [0.25, 0.3) is 5.91 Å². The van der Waals surface area contributed by atoms with E-state index < -0.39 is 272 Å². The van der Waals surface area contributed by atoms with Crippen LogP contribution < -0.4 is 84.3 Å². The molecule has 40 nitrogen and oxygen atoms in total. The summed E-state index contributed by atoms with van der Waals surface area (Å²) >= 11 is 20.1. The number of carbonyl (C=O) groups is 9. The molecular weight excluding hydrogens is 1720 g/mol. The zero-order valence-corrected chi connectivity index (χ0v) is 69.9. The molecule has 6 aromatic carbocycles. The lowest BCUT2D eigenvalue weighted by Crippen LogP contribution is -2.65. The minimum atomic E-state index is -2.41. The van der Waals surface area contributed by atoms with Crippen molar-refractivity contribution < 1.29 is 127 Å². The normalized spacial score (nSPS) is 25.8. The van der Waals surface area contributed by atoms with Crippen LogP contribution in [0, 0.1) is 11.7 Å². The summed E-state index contributed by atoms with van der Waals surface area (Å²) in [6.07, 6.45) is -18.7. The Labute approximate surface area is 730 Å². The van der Waals surface area contributed by atoms with Crippen LogP contribution in [0.3, 0.4) is 0 Å². The monoisotopic (exact) mass is 1810 g/mol. The van der Waals surface area contributed by atoms with Crippen molar-refractivity contribution in [2.75, 3.05) is 38.7 Å². The Morgan fingerprint density at radius 3 is 2.01 bits per heavy atom. The lowest BCUT2D eigenvalue weighted by molar-refractivity contribution is -0.334. The number of anilines is 1. The van der Waals surface area contributed by atoms with Gasteiger partial charge in [-0.25, -0.2) is 14.6 Å². The molecule has 0 unspecified atom stereocenters. The number of primary amides is 1. The summed E-state index contributed by atoms with van der Waals surface area (Å²) in [6.45, 7) is 4.66. The largest absolute Gasteiger partial charge is 0.508 e. The molecule has 7 aliphatic rings. The topological polar surface area (TPSA) is 605 Å². The number of aliphatic hydroxyl groups is 7. The van der Waals surface area contributed by atoms with Crippen LogP contribution in [0.15, 0.2) is 114 Å². The molecule has 7 aliphatic heterocycles. The first-order valence-electron chi connectivity index (χ1n) is 39.5. The van der Waals surface area contributed by atoms with Crippen LogP contribution in [-0.2, 0) is 70.3 Å². The Hall–Kier alpha value is -11.5. The predicted octanol–water partition coefficient (Wildman–Crippen LogP) is 0.496. The lowest BCUT2D eigenvalue weighted by atomic mass is 9.85. The van der Waals surface area contributed by atoms with E-state index in [1.165, 1.54) is 55.1 Å². The Kier molecular flexibility index (Phi) is 29.7. The summed E-state index contributed by atoms with van der Waals surface area (Å²) in [5.74, 6) is -17.1. The van der Waals surface area contributed by atoms with E-state index in [0.29, 0.717) is 5.56 Å². The molecule has 674 valence electrons. The highest BCUT2D eigenvalue weighted by Gasteiger charge is 2.52. The summed E-state index contributed by atoms with van der Waals surface area (Å²) < 4.78 is 54.7. The molecule has 23 N–H and O–H groups in total. The van der Waals surface area contributed by atoms with Crippen LogP contribution in [0.4, 0.5) is 10.2 Å². The van der Waals surface area contributed by atoms with Crippen LogP contribution in [0.25, 0.3) is 11.1 Å². The Morgan fingerprint density at radius 1 is 0.714 bits per heavy atom. The van der Waals surface area contributed by atoms with Gasteiger partial charge in [0.1, 0.15) is 107 Å². The SMILES string of the molecule is CN[C@H](CC(C)C)C(=O)N[C@H]1C(=O)N[C@@H](CC(N)=O)C(=O)N[C@H]2C(=O)N[C@H]3C(=O)N[C@H](C(=O)N[C@@H](C(=O)NNCCO)c4cc(O)cc(O)c4-c4cc3ccc4O)[C@H](O)c3ccc(c(Cl)c3)Oc3cc2cc(c3O[C@@H]2O[C@H](CO)[C@@H](O)[C@H](O)[C@H]2O[C@H]2C[C@](C)(NCCn3ccc(NC(=O)Cc4ccc(Cl)c(F)c4)nc3=O)[C@H](O)[C@H](C)O2)Oc2ccc(cc2Cl)[C@H]1O. The molecular formula is C82H92Cl3FN14O26. The van der Waals surface area contributed by atoms with Gasteiger partial charge in [-0.05, 0) is 139 Å². The molecule has 9 amide bonds. The molecule has 2 saturated heterocycles. The van der Waals surface area contributed by atoms with Crippen molar-refractivity contribution in [3.05, 3.63) is 174 Å². The average molecular weight is 1820 g/mol. The number of halogens is 4. The number of hydrogen-bond acceptors (Lipinski definition) is 30. The van der Waals surface area contributed by atoms with Crippen molar-refractivity contribution in [3.8, 4) is 57.1 Å². The number of aromatic hydroxyl groups is 3. The number of carbonyl (C=O) groups excluding carboxylic acids is 9. The van der Waals surface area contributed by atoms with E-state index in [1.807, 2.05) is 0 Å². The number of phenolic OH excluding ortho intramolecular Hbond substituents is 3. The van der Waals surface area contributed by atoms with Gasteiger partial charge in [-0.2, -0.15) is 4.98 Å². The molecule has 11 bridgehead atoms. The van der Waals surface area contributed by atoms with Crippen LogP contribution in [0.1, 0.15) is 111 Å². The third-order valence-electron chi connectivity index (χ3n) is 21.6. The number of amides is 9. The Bertz CT molecular complexity index is 5390. The van der Waals surface area contributed by atoms with E-state index in [9.17, 15) is 79.4 Å². The van der Waals surface area contributed by atoms with E-state index in [1.54, 1.807) is 20.8 Å². The fourth-order valence-electron chi connectivity index (χ4n) is 15.1. The predicted molar refractivity (Wildman–Crippen MR) is 441 cm³/mol. The van der Waals surface area contributed by atoms with Gasteiger partial charge >= 0.3 is 5.69 Å². The Balaban J connectivity index is 0.998. The smallest absolute Gasteiger partial charge is 0.349 e. The van der Waals surface area contributed by atoms with E-state index in [2.05, 4.69) is 63.7 Å². The van der Waals surface area contributed by atoms with Gasteiger partial charge in [-0.15, -0.1) is 0 Å². The fraction of sp³-hybridized carbons (Fsp3) is 0.402. The van der Waals surface area contributed by atoms with Gasteiger partial charge < -0.3 is 133 Å². The highest BCUT2D eigenvalue weighted by atomic mass is 35.5. The number of aliphatic hydroxyl groups excluding tert-OH is 7. The first kappa shape index (κ1) is 93.7. The standard InChI is InChI=1S/C82H92Cl3FN14O26/c1-33(2)20-47(88-5)73(113)97-64-66(108)37-8-12-51(44(84)24-37)122-53-26-39-27-54(70(53)126-80-71(69(111)68(110)55(32-102)124-80)125-59-31-82(4,72(112)34(3)121-59)89-15-18-100-17-14-57(93-81(100)120)92-58(107)22-35-6-10-43(83)46(86)21-35)123-52-13-9-38(25-45(52)85)67(109)65-78(118)96-63(79(119)99-90-16-19-101)42-28-40(103)29-50(105)60(42)41-23-36(7-11-49(41)104)61(75(115)98-65)95-76(116)62(39)94-74(114)48(30-56(87)106)91-77(64)117/h6-14,17,21,23-29,33-34,47-48,55,59,61-69,71-72,80,88-90,101-105,108-112H,15-16,18-20,22,30-32H2,1-5H3,(H2,87,106)(H,91,117)(H,94,114)(H,95,116)(H,96,118)(H,97,113)(H,98,115)(H,99,119)(H,92,93,107,120)/t34-,47+,48-,55+,59-,61+,62+,63+,64+,65-,66+,67+,68+,69-,71+,72+,80-,82-/m0/s1. The zero-order valence-electron chi connectivity index (χ0n) is 67.6. The van der Waals surface area contributed by atoms with Crippen molar-refractivity contribution >= 4 is 93.8 Å². The van der Waals surface area contributed by atoms with E-state index in [0.717, 1.165) is 72.8 Å². The molecule has 0 saturated carbocycles. The maximum absolute atomic E-state index is 16.3. The quantitative estimate of drug-likeness (QED) is 0.0306. The number of aromatic nitrogens is 2. The molecule has 14 rings (SSSR count). The van der Waals surface area contributed by atoms with E-state index in [4.69, 9.17) is 69.0 Å². The van der Waals surface area contributed by atoms with Crippen LogP contribution in [0.2, 0.25) is 15.1 Å². The lowest BCUT2D eigenvalue weighted by Gasteiger charge is -2.48. The van der Waals surface area contributed by atoms with Crippen molar-refractivity contribution in [2.45, 2.75) is 169 Å². The number of nitrogens with one attached hydrogen (secondary N) is 11. The number of hydrogen-bond donors (Lipinski definition) is 22. The highest BCUT2D eigenvalue weighted by molar-refractivity contribution is 6.32. The number of rotatable bonds is 23. The van der Waals surface area contributed by atoms with Crippen molar-refractivity contribution in [1.29, 1.82) is 0 Å². The van der Waals surface area contributed by atoms with E-state index in [-0.39, 0.29) is 72.3 Å². The molecule has 0 aliphatic carbocycles. The molecule has 2 fully saturated rings. The van der Waals surface area contributed by atoms with Gasteiger partial charge in [0.15, 0.2) is 23.9 Å². The van der Waals surface area contributed by atoms with Crippen LogP contribution in [-0.4, -0.2) is 226 Å². The molecule has 44 heteroatoms. The molecule has 0 spiro atoms. The van der Waals surface area contributed by atoms with Gasteiger partial charge in [0, 0.05) is 55.0 Å². The molecule has 7 aromatic rings. The minimum Gasteiger partial charge on any atom is -0.508 e. The first-order chi connectivity index (χ1) is 59.8. The second kappa shape index (κ2) is 40.0. The maximum atomic E-state index is 16.3. The minimum absolute atomic E-state index is 0.0663. The average Bonchev–Trinajstić information content (AvgIpc) is 0.765. The first-order valence-corrected chi connectivity index (χ1v) is 40.6. The summed E-state index contributed by atoms with van der Waals surface area (Å²) in [5, 5.41) is 139. The molecule has 0 radical (unpaired) electrons. The fourth-order valence-corrected chi connectivity index (χ4v) is 15.7. The van der Waals surface area contributed by atoms with Gasteiger partial charge in [-0.3, -0.25) is 53.1 Å². The van der Waals surface area contributed by atoms with Crippen molar-refractivity contribution in [3.63, 3.8) is 0 Å². The van der Waals surface area contributed by atoms with E-state index >= 15 is 24.0 Å². The summed E-state index contributed by atoms with van der Waals surface area (Å²) in [6, 6.07) is 4.48. The van der Waals surface area contributed by atoms with Crippen molar-refractivity contribution in [1.82, 2.24) is 62.9 Å². The number of fused-ring (bicyclic) bond motifs is 15. The number of nitrogens with two attached hydrogens (primary N) is 1. The highest BCUT2D eigenvalue weighted by Crippen LogP contribution is 2.50. The number of hydrazine groups is 1. The van der Waals surface area contributed by atoms with Crippen molar-refractivity contribution in [2.24, 2.45) is 11.7 Å². The third kappa shape index (κ3) is 21.3. The summed E-state index contributed by atoms with van der Waals surface area (Å²) in [5.41, 5.74) is 5.81. The third-order valence-corrected chi connectivity index (χ3v) is 22.5. The number of ether oxygens (including phenoxy) is 6. The summed E-state index contributed by atoms with van der Waals surface area (Å²) in [4.78, 5) is 150. The van der Waals surface area contributed by atoms with Gasteiger partial charge in [-0.1, -0.05) is 72.9 Å². The number of benzene rings is 6. The molecule has 8 heterocycles. The molecule has 126 heavy (non-hydrogen) atoms. The van der Waals surface area contributed by atoms with Gasteiger partial charge in [0.2, 0.25) is 59.3 Å². The number of likely N-dealkylation sites (N-methyl/N-ethyl adjacent to an activating group) is 1. The number of phenols is 3. The molecule has 1 aromatic heterocycles. The second-order valence-corrected chi connectivity index (χ2v) is 32.3.